The molecular formula is C8H14O2. The molecule has 0 aromatic rings. The first-order chi connectivity index (χ1) is 4.86. The average Bonchev–Trinajstić information content (AvgIpc) is 2.59. The summed E-state index contributed by atoms with van der Waals surface area (Å²) in [6, 6.07) is 0. The van der Waals surface area contributed by atoms with E-state index in [0.29, 0.717) is 12.2 Å². The quantitative estimate of drug-likeness (QED) is 0.513. The molecule has 2 heteroatoms. The molecule has 0 bridgehead atoms. The number of ether oxygens (including phenoxy) is 1. The number of aliphatic hydroxyl groups excluding tert-OH is 1. The van der Waals surface area contributed by atoms with Gasteiger partial charge in [-0.25, -0.2) is 0 Å². The topological polar surface area (TPSA) is 32.8 Å². The number of rotatable bonds is 0. The molecule has 3 atom stereocenters. The molecule has 0 spiro atoms. The lowest BCUT2D eigenvalue weighted by Gasteiger charge is -2.10. The van der Waals surface area contributed by atoms with E-state index in [1.807, 2.05) is 0 Å². The van der Waals surface area contributed by atoms with Crippen LogP contribution in [0.5, 0.6) is 0 Å². The highest BCUT2D eigenvalue weighted by Crippen LogP contribution is 2.33. The van der Waals surface area contributed by atoms with Gasteiger partial charge < -0.3 is 9.84 Å². The molecule has 58 valence electrons. The van der Waals surface area contributed by atoms with Gasteiger partial charge in [-0.1, -0.05) is 0 Å². The van der Waals surface area contributed by atoms with Crippen molar-refractivity contribution in [2.75, 3.05) is 0 Å². The fourth-order valence-corrected chi connectivity index (χ4v) is 1.74. The molecule has 1 aliphatic carbocycles. The summed E-state index contributed by atoms with van der Waals surface area (Å²) in [4.78, 5) is 0. The maximum atomic E-state index is 9.29. The van der Waals surface area contributed by atoms with E-state index in [0.717, 1.165) is 25.7 Å². The number of hydrogen-bond acceptors (Lipinski definition) is 2. The molecule has 0 aromatic carbocycles. The normalized spacial score (nSPS) is 47.1. The Labute approximate surface area is 61.2 Å². The Kier molecular flexibility index (Phi) is 1.66. The zero-order chi connectivity index (χ0) is 6.97. The van der Waals surface area contributed by atoms with Crippen molar-refractivity contribution in [1.82, 2.24) is 0 Å². The predicted octanol–water partition coefficient (Wildman–Crippen LogP) is 1.08. The second kappa shape index (κ2) is 2.51. The summed E-state index contributed by atoms with van der Waals surface area (Å²) in [5.41, 5.74) is 0. The van der Waals surface area contributed by atoms with E-state index < -0.39 is 0 Å². The Balaban J connectivity index is 1.83. The molecule has 2 rings (SSSR count). The van der Waals surface area contributed by atoms with Gasteiger partial charge in [-0.3, -0.25) is 0 Å². The Bertz CT molecular complexity index is 122. The van der Waals surface area contributed by atoms with Gasteiger partial charge in [0.25, 0.3) is 0 Å². The van der Waals surface area contributed by atoms with Gasteiger partial charge in [-0.05, 0) is 32.1 Å². The Morgan fingerprint density at radius 3 is 2.70 bits per heavy atom. The monoisotopic (exact) mass is 142 g/mol. The van der Waals surface area contributed by atoms with Gasteiger partial charge in [0, 0.05) is 0 Å². The van der Waals surface area contributed by atoms with Crippen LogP contribution in [0.3, 0.4) is 0 Å². The van der Waals surface area contributed by atoms with Crippen LogP contribution in [-0.4, -0.2) is 23.4 Å². The lowest BCUT2D eigenvalue weighted by molar-refractivity contribution is 0.144. The van der Waals surface area contributed by atoms with Crippen LogP contribution in [0.1, 0.15) is 32.1 Å². The summed E-state index contributed by atoms with van der Waals surface area (Å²) in [5.74, 6) is 0. The second-order valence-corrected chi connectivity index (χ2v) is 3.38. The zero-order valence-corrected chi connectivity index (χ0v) is 6.12. The Hall–Kier alpha value is -0.0800. The van der Waals surface area contributed by atoms with Gasteiger partial charge in [0.15, 0.2) is 0 Å². The minimum absolute atomic E-state index is 0.0508. The van der Waals surface area contributed by atoms with E-state index in [1.54, 1.807) is 0 Å². The molecule has 10 heavy (non-hydrogen) atoms. The standard InChI is InChI=1S/C8H14O2/c9-6-2-1-3-7-8(10-7)5-4-6/h6-9H,1-5H2. The number of hydrogen-bond donors (Lipinski definition) is 1. The summed E-state index contributed by atoms with van der Waals surface area (Å²) in [7, 11) is 0. The maximum Gasteiger partial charge on any atom is 0.0842 e. The smallest absolute Gasteiger partial charge is 0.0842 e. The van der Waals surface area contributed by atoms with Crippen LogP contribution in [0, 0.1) is 0 Å². The summed E-state index contributed by atoms with van der Waals surface area (Å²) < 4.78 is 5.38. The fraction of sp³-hybridized carbons (Fsp3) is 1.00. The van der Waals surface area contributed by atoms with Gasteiger partial charge >= 0.3 is 0 Å². The highest BCUT2D eigenvalue weighted by Gasteiger charge is 2.38. The van der Waals surface area contributed by atoms with Gasteiger partial charge in [0.2, 0.25) is 0 Å². The summed E-state index contributed by atoms with van der Waals surface area (Å²) in [6.07, 6.45) is 6.33. The molecule has 1 saturated carbocycles. The third-order valence-electron chi connectivity index (χ3n) is 2.50. The molecule has 2 aliphatic rings. The molecule has 1 heterocycles. The van der Waals surface area contributed by atoms with Gasteiger partial charge in [0.05, 0.1) is 18.3 Å². The summed E-state index contributed by atoms with van der Waals surface area (Å²) in [5, 5.41) is 9.29. The highest BCUT2D eigenvalue weighted by molar-refractivity contribution is 4.87. The largest absolute Gasteiger partial charge is 0.393 e. The van der Waals surface area contributed by atoms with Gasteiger partial charge in [-0.15, -0.1) is 0 Å². The molecular weight excluding hydrogens is 128 g/mol. The van der Waals surface area contributed by atoms with Crippen LogP contribution in [-0.2, 0) is 4.74 Å². The van der Waals surface area contributed by atoms with Crippen LogP contribution >= 0.6 is 0 Å². The lowest BCUT2D eigenvalue weighted by Crippen LogP contribution is -2.11. The molecule has 0 amide bonds. The molecule has 0 aromatic heterocycles. The van der Waals surface area contributed by atoms with Crippen molar-refractivity contribution in [3.05, 3.63) is 0 Å². The molecule has 2 fully saturated rings. The van der Waals surface area contributed by atoms with Crippen molar-refractivity contribution < 1.29 is 9.84 Å². The van der Waals surface area contributed by atoms with E-state index in [1.165, 1.54) is 6.42 Å². The van der Waals surface area contributed by atoms with Crippen LogP contribution in [0.4, 0.5) is 0 Å². The van der Waals surface area contributed by atoms with Crippen LogP contribution < -0.4 is 0 Å². The molecule has 0 radical (unpaired) electrons. The van der Waals surface area contributed by atoms with E-state index in [9.17, 15) is 5.11 Å². The average molecular weight is 142 g/mol. The molecule has 1 N–H and O–H groups in total. The van der Waals surface area contributed by atoms with E-state index >= 15 is 0 Å². The van der Waals surface area contributed by atoms with E-state index in [4.69, 9.17) is 4.74 Å². The first-order valence-corrected chi connectivity index (χ1v) is 4.20. The van der Waals surface area contributed by atoms with Crippen molar-refractivity contribution in [3.63, 3.8) is 0 Å². The molecule has 1 saturated heterocycles. The van der Waals surface area contributed by atoms with Crippen molar-refractivity contribution in [2.45, 2.75) is 50.4 Å². The van der Waals surface area contributed by atoms with Crippen LogP contribution in [0.2, 0.25) is 0 Å². The maximum absolute atomic E-state index is 9.29. The fourth-order valence-electron chi connectivity index (χ4n) is 1.74. The first kappa shape index (κ1) is 6.62. The van der Waals surface area contributed by atoms with Gasteiger partial charge in [0.1, 0.15) is 0 Å². The number of aliphatic hydroxyl groups is 1. The summed E-state index contributed by atoms with van der Waals surface area (Å²) in [6.45, 7) is 0. The summed E-state index contributed by atoms with van der Waals surface area (Å²) >= 11 is 0. The number of fused-ring (bicyclic) bond motifs is 1. The van der Waals surface area contributed by atoms with Crippen molar-refractivity contribution in [2.24, 2.45) is 0 Å². The van der Waals surface area contributed by atoms with Crippen molar-refractivity contribution in [3.8, 4) is 0 Å². The Morgan fingerprint density at radius 1 is 1.00 bits per heavy atom. The highest BCUT2D eigenvalue weighted by atomic mass is 16.6. The third kappa shape index (κ3) is 1.32. The lowest BCUT2D eigenvalue weighted by atomic mass is 9.99. The SMILES string of the molecule is OC1CCCC2OC2CC1. The van der Waals surface area contributed by atoms with Gasteiger partial charge in [-0.2, -0.15) is 0 Å². The molecule has 1 aliphatic heterocycles. The number of epoxide rings is 1. The third-order valence-corrected chi connectivity index (χ3v) is 2.50. The van der Waals surface area contributed by atoms with E-state index in [2.05, 4.69) is 0 Å². The Morgan fingerprint density at radius 2 is 1.80 bits per heavy atom. The molecule has 3 unspecified atom stereocenters. The zero-order valence-electron chi connectivity index (χ0n) is 6.12. The van der Waals surface area contributed by atoms with Crippen molar-refractivity contribution in [1.29, 1.82) is 0 Å². The predicted molar refractivity (Wildman–Crippen MR) is 37.8 cm³/mol. The van der Waals surface area contributed by atoms with Crippen LogP contribution in [0.15, 0.2) is 0 Å². The first-order valence-electron chi connectivity index (χ1n) is 4.20. The minimum atomic E-state index is -0.0508. The molecule has 2 nitrogen and oxygen atoms in total. The van der Waals surface area contributed by atoms with E-state index in [-0.39, 0.29) is 6.10 Å². The van der Waals surface area contributed by atoms with Crippen LogP contribution in [0.25, 0.3) is 0 Å². The second-order valence-electron chi connectivity index (χ2n) is 3.38. The minimum Gasteiger partial charge on any atom is -0.393 e. The van der Waals surface area contributed by atoms with Crippen molar-refractivity contribution >= 4 is 0 Å².